The molecule has 4 amide bonds. The second kappa shape index (κ2) is 8.01. The standard InChI is InChI=1S/C19H18ClN3O3/c20-15-6-3-4-13(10-15)8-9-21-18(25)16-7-2-1-5-14(16)12-23-17(24)11-22-19(23)26/h1-7,10H,8-9,11-12H2,(H,21,25)(H,22,26). The predicted molar refractivity (Wildman–Crippen MR) is 97.9 cm³/mol. The molecule has 0 saturated carbocycles. The highest BCUT2D eigenvalue weighted by molar-refractivity contribution is 6.30. The first-order valence-corrected chi connectivity index (χ1v) is 8.61. The first-order valence-electron chi connectivity index (χ1n) is 8.23. The average molecular weight is 372 g/mol. The Morgan fingerprint density at radius 2 is 1.96 bits per heavy atom. The molecule has 7 heteroatoms. The maximum absolute atomic E-state index is 12.5. The van der Waals surface area contributed by atoms with Crippen LogP contribution >= 0.6 is 11.6 Å². The summed E-state index contributed by atoms with van der Waals surface area (Å²) in [5, 5.41) is 6.00. The molecule has 1 heterocycles. The number of hydrogen-bond donors (Lipinski definition) is 2. The molecular weight excluding hydrogens is 354 g/mol. The molecule has 2 aromatic carbocycles. The van der Waals surface area contributed by atoms with E-state index in [1.54, 1.807) is 30.3 Å². The van der Waals surface area contributed by atoms with Gasteiger partial charge in [-0.15, -0.1) is 0 Å². The van der Waals surface area contributed by atoms with Gasteiger partial charge in [-0.2, -0.15) is 0 Å². The highest BCUT2D eigenvalue weighted by atomic mass is 35.5. The number of rotatable bonds is 6. The van der Waals surface area contributed by atoms with Gasteiger partial charge in [0, 0.05) is 17.1 Å². The number of carbonyl (C=O) groups is 3. The van der Waals surface area contributed by atoms with Crippen LogP contribution in [0.3, 0.4) is 0 Å². The van der Waals surface area contributed by atoms with Crippen molar-refractivity contribution in [3.63, 3.8) is 0 Å². The Balaban J connectivity index is 1.64. The van der Waals surface area contributed by atoms with Crippen molar-refractivity contribution in [2.45, 2.75) is 13.0 Å². The van der Waals surface area contributed by atoms with E-state index in [2.05, 4.69) is 10.6 Å². The monoisotopic (exact) mass is 371 g/mol. The summed E-state index contributed by atoms with van der Waals surface area (Å²) in [6.07, 6.45) is 0.654. The molecule has 0 radical (unpaired) electrons. The lowest BCUT2D eigenvalue weighted by Crippen LogP contribution is -2.32. The molecule has 1 saturated heterocycles. The minimum atomic E-state index is -0.439. The van der Waals surface area contributed by atoms with Crippen molar-refractivity contribution in [3.8, 4) is 0 Å². The molecule has 0 unspecified atom stereocenters. The quantitative estimate of drug-likeness (QED) is 0.765. The predicted octanol–water partition coefficient (Wildman–Crippen LogP) is 2.36. The second-order valence-corrected chi connectivity index (χ2v) is 6.37. The van der Waals surface area contributed by atoms with E-state index < -0.39 is 6.03 Å². The first kappa shape index (κ1) is 17.9. The lowest BCUT2D eigenvalue weighted by atomic mass is 10.1. The Hall–Kier alpha value is -2.86. The third-order valence-electron chi connectivity index (χ3n) is 4.12. The Bertz CT molecular complexity index is 837. The molecule has 26 heavy (non-hydrogen) atoms. The number of amides is 4. The summed E-state index contributed by atoms with van der Waals surface area (Å²) in [5.74, 6) is -0.541. The van der Waals surface area contributed by atoms with Gasteiger partial charge < -0.3 is 10.6 Å². The molecule has 1 aliphatic rings. The number of imide groups is 1. The number of hydrogen-bond acceptors (Lipinski definition) is 3. The zero-order chi connectivity index (χ0) is 18.5. The van der Waals surface area contributed by atoms with E-state index in [4.69, 9.17) is 11.6 Å². The van der Waals surface area contributed by atoms with Crippen LogP contribution in [-0.4, -0.2) is 35.8 Å². The average Bonchev–Trinajstić information content (AvgIpc) is 2.94. The Kier molecular flexibility index (Phi) is 5.53. The Labute approximate surface area is 156 Å². The number of nitrogens with zero attached hydrogens (tertiary/aromatic N) is 1. The summed E-state index contributed by atoms with van der Waals surface area (Å²) >= 11 is 5.96. The van der Waals surface area contributed by atoms with Crippen LogP contribution in [0.25, 0.3) is 0 Å². The van der Waals surface area contributed by atoms with Crippen molar-refractivity contribution in [2.24, 2.45) is 0 Å². The van der Waals surface area contributed by atoms with Crippen LogP contribution in [0.5, 0.6) is 0 Å². The van der Waals surface area contributed by atoms with E-state index in [1.807, 2.05) is 18.2 Å². The molecule has 0 aliphatic carbocycles. The number of carbonyl (C=O) groups excluding carboxylic acids is 3. The maximum Gasteiger partial charge on any atom is 0.324 e. The van der Waals surface area contributed by atoms with Crippen LogP contribution in [0.2, 0.25) is 5.02 Å². The van der Waals surface area contributed by atoms with Gasteiger partial charge >= 0.3 is 6.03 Å². The van der Waals surface area contributed by atoms with E-state index in [9.17, 15) is 14.4 Å². The topological polar surface area (TPSA) is 78.5 Å². The summed E-state index contributed by atoms with van der Waals surface area (Å²) in [7, 11) is 0. The van der Waals surface area contributed by atoms with Crippen LogP contribution < -0.4 is 10.6 Å². The molecular formula is C19H18ClN3O3. The van der Waals surface area contributed by atoms with Crippen LogP contribution in [0.1, 0.15) is 21.5 Å². The van der Waals surface area contributed by atoms with Crippen molar-refractivity contribution in [2.75, 3.05) is 13.1 Å². The zero-order valence-corrected chi connectivity index (χ0v) is 14.8. The second-order valence-electron chi connectivity index (χ2n) is 5.93. The van der Waals surface area contributed by atoms with E-state index in [0.717, 1.165) is 10.5 Å². The molecule has 2 N–H and O–H groups in total. The SMILES string of the molecule is O=C(NCCc1cccc(Cl)c1)c1ccccc1CN1C(=O)CNC1=O. The van der Waals surface area contributed by atoms with Crippen molar-refractivity contribution >= 4 is 29.4 Å². The van der Waals surface area contributed by atoms with Gasteiger partial charge in [-0.3, -0.25) is 14.5 Å². The normalized spacial score (nSPS) is 13.7. The molecule has 3 rings (SSSR count). The molecule has 6 nitrogen and oxygen atoms in total. The molecule has 1 fully saturated rings. The minimum Gasteiger partial charge on any atom is -0.352 e. The smallest absolute Gasteiger partial charge is 0.324 e. The Morgan fingerprint density at radius 1 is 1.15 bits per heavy atom. The Morgan fingerprint density at radius 3 is 2.69 bits per heavy atom. The largest absolute Gasteiger partial charge is 0.352 e. The van der Waals surface area contributed by atoms with Crippen molar-refractivity contribution < 1.29 is 14.4 Å². The van der Waals surface area contributed by atoms with Gasteiger partial charge in [0.1, 0.15) is 0 Å². The highest BCUT2D eigenvalue weighted by Crippen LogP contribution is 2.14. The molecule has 134 valence electrons. The fraction of sp³-hybridized carbons (Fsp3) is 0.211. The van der Waals surface area contributed by atoms with E-state index in [0.29, 0.717) is 29.1 Å². The maximum atomic E-state index is 12.5. The number of urea groups is 1. The first-order chi connectivity index (χ1) is 12.5. The summed E-state index contributed by atoms with van der Waals surface area (Å²) < 4.78 is 0. The zero-order valence-electron chi connectivity index (χ0n) is 14.0. The third kappa shape index (κ3) is 4.21. The van der Waals surface area contributed by atoms with Gasteiger partial charge in [0.15, 0.2) is 0 Å². The molecule has 1 aliphatic heterocycles. The summed E-state index contributed by atoms with van der Waals surface area (Å²) in [6.45, 7) is 0.520. The van der Waals surface area contributed by atoms with Gasteiger partial charge in [-0.05, 0) is 35.7 Å². The van der Waals surface area contributed by atoms with Gasteiger partial charge in [-0.25, -0.2) is 4.79 Å². The number of benzene rings is 2. The van der Waals surface area contributed by atoms with Gasteiger partial charge in [-0.1, -0.05) is 41.9 Å². The fourth-order valence-electron chi connectivity index (χ4n) is 2.77. The van der Waals surface area contributed by atoms with Crippen molar-refractivity contribution in [3.05, 3.63) is 70.2 Å². The lowest BCUT2D eigenvalue weighted by molar-refractivity contribution is -0.125. The van der Waals surface area contributed by atoms with Gasteiger partial charge in [0.25, 0.3) is 5.91 Å². The van der Waals surface area contributed by atoms with Crippen LogP contribution in [0.4, 0.5) is 4.79 Å². The molecule has 0 aromatic heterocycles. The number of nitrogens with one attached hydrogen (secondary N) is 2. The van der Waals surface area contributed by atoms with Crippen LogP contribution in [0.15, 0.2) is 48.5 Å². The van der Waals surface area contributed by atoms with E-state index >= 15 is 0 Å². The summed E-state index contributed by atoms with van der Waals surface area (Å²) in [5.41, 5.74) is 2.11. The highest BCUT2D eigenvalue weighted by Gasteiger charge is 2.29. The van der Waals surface area contributed by atoms with Crippen molar-refractivity contribution in [1.29, 1.82) is 0 Å². The molecule has 2 aromatic rings. The number of halogens is 1. The molecule has 0 spiro atoms. The lowest BCUT2D eigenvalue weighted by Gasteiger charge is -2.15. The van der Waals surface area contributed by atoms with E-state index in [-0.39, 0.29) is 24.9 Å². The van der Waals surface area contributed by atoms with E-state index in [1.165, 1.54) is 0 Å². The van der Waals surface area contributed by atoms with Gasteiger partial charge in [0.05, 0.1) is 13.1 Å². The summed E-state index contributed by atoms with van der Waals surface area (Å²) in [4.78, 5) is 37.1. The third-order valence-corrected chi connectivity index (χ3v) is 4.35. The fourth-order valence-corrected chi connectivity index (χ4v) is 2.99. The van der Waals surface area contributed by atoms with Crippen LogP contribution in [-0.2, 0) is 17.8 Å². The van der Waals surface area contributed by atoms with Crippen LogP contribution in [0, 0.1) is 0 Å². The van der Waals surface area contributed by atoms with Gasteiger partial charge in [0.2, 0.25) is 5.91 Å². The minimum absolute atomic E-state index is 0.00711. The molecule has 0 atom stereocenters. The molecule has 0 bridgehead atoms. The summed E-state index contributed by atoms with van der Waals surface area (Å²) in [6, 6.07) is 14.0. The van der Waals surface area contributed by atoms with Crippen molar-refractivity contribution in [1.82, 2.24) is 15.5 Å².